The average Bonchev–Trinajstić information content (AvgIpc) is 3.63. The summed E-state index contributed by atoms with van der Waals surface area (Å²) in [5.74, 6) is -4.05. The predicted molar refractivity (Wildman–Crippen MR) is 163 cm³/mol. The van der Waals surface area contributed by atoms with Crippen molar-refractivity contribution in [2.45, 2.75) is 83.1 Å². The fourth-order valence-electron chi connectivity index (χ4n) is 8.08. The van der Waals surface area contributed by atoms with Crippen LogP contribution in [0.3, 0.4) is 0 Å². The quantitative estimate of drug-likeness (QED) is 0.472. The van der Waals surface area contributed by atoms with Gasteiger partial charge in [-0.2, -0.15) is 0 Å². The zero-order chi connectivity index (χ0) is 30.6. The lowest BCUT2D eigenvalue weighted by atomic mass is 9.77. The van der Waals surface area contributed by atoms with E-state index < -0.39 is 41.5 Å². The van der Waals surface area contributed by atoms with Crippen molar-refractivity contribution in [3.63, 3.8) is 0 Å². The van der Waals surface area contributed by atoms with Gasteiger partial charge in [0.25, 0.3) is 11.8 Å². The fraction of sp³-hybridized carbons (Fsp3) is 0.594. The molecule has 5 aliphatic heterocycles. The van der Waals surface area contributed by atoms with Crippen LogP contribution in [0.15, 0.2) is 28.9 Å². The van der Waals surface area contributed by atoms with Gasteiger partial charge in [-0.25, -0.2) is 5.32 Å². The molecule has 229 valence electrons. The molecule has 43 heavy (non-hydrogen) atoms. The van der Waals surface area contributed by atoms with Crippen LogP contribution in [0.5, 0.6) is 0 Å². The first kappa shape index (κ1) is 29.0. The summed E-state index contributed by atoms with van der Waals surface area (Å²) in [6, 6.07) is 4.63. The van der Waals surface area contributed by atoms with Crippen LogP contribution in [0.2, 0.25) is 0 Å². The highest BCUT2D eigenvalue weighted by molar-refractivity contribution is 9.11. The number of ether oxygens (including phenoxy) is 1. The molecular formula is C32H39BrN5O5. The third-order valence-corrected chi connectivity index (χ3v) is 10.8. The molecule has 3 fully saturated rings. The van der Waals surface area contributed by atoms with E-state index in [1.54, 1.807) is 18.7 Å². The summed E-state index contributed by atoms with van der Waals surface area (Å²) >= 11 is 3.64. The van der Waals surface area contributed by atoms with Crippen LogP contribution in [0.1, 0.15) is 64.5 Å². The Morgan fingerprint density at radius 1 is 1.26 bits per heavy atom. The molecule has 1 aliphatic carbocycles. The van der Waals surface area contributed by atoms with Crippen LogP contribution in [0.4, 0.5) is 5.69 Å². The highest BCUT2D eigenvalue weighted by atomic mass is 79.9. The number of nitrogens with zero attached hydrogens (tertiary/aromatic N) is 4. The maximum Gasteiger partial charge on any atom is 0.281 e. The number of hydrogen-bond donors (Lipinski definition) is 2. The SMILES string of the molecule is CC(C)C[C@H]1C(=O)N2CCC[C@H]2[C@]2(O)O[C@](NC(=O)[C@@H]3C=C4c5cccc6c5C(=C(Br)[N]6)CC4N(C)C3)(C(C)C)C(=O)N12. The number of benzene rings is 1. The average molecular weight is 654 g/mol. The van der Waals surface area contributed by atoms with Gasteiger partial charge in [-0.15, -0.1) is 0 Å². The van der Waals surface area contributed by atoms with Crippen LogP contribution < -0.4 is 10.6 Å². The maximum absolute atomic E-state index is 14.4. The molecule has 1 unspecified atom stereocenters. The number of piperazine rings is 1. The number of halogens is 1. The first-order valence-electron chi connectivity index (χ1n) is 15.4. The van der Waals surface area contributed by atoms with E-state index >= 15 is 0 Å². The third-order valence-electron chi connectivity index (χ3n) is 10.2. The van der Waals surface area contributed by atoms with E-state index in [0.29, 0.717) is 32.4 Å². The second-order valence-corrected chi connectivity index (χ2v) is 14.4. The van der Waals surface area contributed by atoms with E-state index in [-0.39, 0.29) is 23.8 Å². The van der Waals surface area contributed by atoms with E-state index in [0.717, 1.165) is 33.4 Å². The van der Waals surface area contributed by atoms with E-state index in [2.05, 4.69) is 32.2 Å². The van der Waals surface area contributed by atoms with Crippen molar-refractivity contribution in [3.8, 4) is 0 Å². The van der Waals surface area contributed by atoms with Gasteiger partial charge in [0, 0.05) is 30.6 Å². The van der Waals surface area contributed by atoms with E-state index in [9.17, 15) is 19.5 Å². The Hall–Kier alpha value is -2.73. The number of aliphatic hydroxyl groups is 1. The van der Waals surface area contributed by atoms with Gasteiger partial charge in [-0.05, 0) is 77.4 Å². The van der Waals surface area contributed by atoms with E-state index in [1.165, 1.54) is 10.5 Å². The van der Waals surface area contributed by atoms with Crippen molar-refractivity contribution in [2.75, 3.05) is 20.1 Å². The predicted octanol–water partition coefficient (Wildman–Crippen LogP) is 3.11. The number of hydrogen-bond acceptors (Lipinski definition) is 6. The number of likely N-dealkylation sites (N-methyl/N-ethyl adjacent to an activating group) is 1. The second-order valence-electron chi connectivity index (χ2n) is 13.6. The third kappa shape index (κ3) is 4.04. The van der Waals surface area contributed by atoms with Gasteiger partial charge >= 0.3 is 0 Å². The first-order chi connectivity index (χ1) is 20.4. The molecule has 2 N–H and O–H groups in total. The highest BCUT2D eigenvalue weighted by Gasteiger charge is 2.72. The Morgan fingerprint density at radius 3 is 2.74 bits per heavy atom. The zero-order valence-electron chi connectivity index (χ0n) is 25.3. The number of carbonyl (C=O) groups is 3. The first-order valence-corrected chi connectivity index (χ1v) is 16.2. The normalized spacial score (nSPS) is 34.8. The maximum atomic E-state index is 14.4. The van der Waals surface area contributed by atoms with Crippen LogP contribution in [-0.4, -0.2) is 87.4 Å². The number of nitrogens with one attached hydrogen (secondary N) is 1. The standard InChI is InChI=1S/C32H39BrN5O5/c1-16(2)12-24-29(40)37-11-7-10-25(37)32(42)38(24)30(41)31(43-32,17(3)4)35-28(39)18-13-20-19-8-6-9-22-26(19)21(27(33)34-22)14-23(20)36(5)15-18/h6,8-9,13,16-18,23-25,42H,7,10-12,14-15H2,1-5H3,(H,35,39)/t18-,23?,24+,25+,31-,32+/m1/s1. The van der Waals surface area contributed by atoms with Crippen molar-refractivity contribution < 1.29 is 24.2 Å². The van der Waals surface area contributed by atoms with Gasteiger partial charge in [-0.1, -0.05) is 45.9 Å². The molecule has 0 aromatic heterocycles. The Labute approximate surface area is 260 Å². The Balaban J connectivity index is 1.24. The smallest absolute Gasteiger partial charge is 0.281 e. The van der Waals surface area contributed by atoms with Gasteiger partial charge in [0.1, 0.15) is 16.7 Å². The number of amides is 3. The summed E-state index contributed by atoms with van der Waals surface area (Å²) in [6.07, 6.45) is 4.43. The summed E-state index contributed by atoms with van der Waals surface area (Å²) in [7, 11) is 2.02. The van der Waals surface area contributed by atoms with Gasteiger partial charge in [0.05, 0.1) is 11.6 Å². The van der Waals surface area contributed by atoms with Crippen molar-refractivity contribution in [1.82, 2.24) is 25.3 Å². The molecule has 5 heterocycles. The number of carbonyl (C=O) groups excluding carboxylic acids is 3. The molecular weight excluding hydrogens is 614 g/mol. The van der Waals surface area contributed by atoms with Crippen molar-refractivity contribution in [3.05, 3.63) is 40.0 Å². The fourth-order valence-corrected chi connectivity index (χ4v) is 8.63. The van der Waals surface area contributed by atoms with Crippen molar-refractivity contribution >= 4 is 50.5 Å². The Bertz CT molecular complexity index is 1490. The van der Waals surface area contributed by atoms with Crippen molar-refractivity contribution in [2.24, 2.45) is 17.8 Å². The van der Waals surface area contributed by atoms with Gasteiger partial charge in [-0.3, -0.25) is 28.9 Å². The summed E-state index contributed by atoms with van der Waals surface area (Å²) in [4.78, 5) is 47.3. The topological polar surface area (TPSA) is 117 Å². The summed E-state index contributed by atoms with van der Waals surface area (Å²) in [6.45, 7) is 8.55. The Kier molecular flexibility index (Phi) is 6.67. The van der Waals surface area contributed by atoms with Gasteiger partial charge in [0.15, 0.2) is 0 Å². The lowest BCUT2D eigenvalue weighted by molar-refractivity contribution is -0.322. The molecule has 3 saturated heterocycles. The van der Waals surface area contributed by atoms with Crippen LogP contribution in [0, 0.1) is 17.8 Å². The lowest BCUT2D eigenvalue weighted by Crippen LogP contribution is -2.71. The molecule has 0 spiro atoms. The van der Waals surface area contributed by atoms with Crippen LogP contribution in [-0.2, 0) is 19.1 Å². The summed E-state index contributed by atoms with van der Waals surface area (Å²) in [5.41, 5.74) is 3.55. The van der Waals surface area contributed by atoms with Gasteiger partial charge in [0.2, 0.25) is 17.5 Å². The molecule has 7 rings (SSSR count). The minimum Gasteiger partial charge on any atom is -0.347 e. The molecule has 6 atom stereocenters. The largest absolute Gasteiger partial charge is 0.347 e. The highest BCUT2D eigenvalue weighted by Crippen LogP contribution is 2.51. The Morgan fingerprint density at radius 2 is 2.02 bits per heavy atom. The molecule has 6 aliphatic rings. The monoisotopic (exact) mass is 652 g/mol. The molecule has 0 saturated carbocycles. The van der Waals surface area contributed by atoms with Crippen molar-refractivity contribution in [1.29, 1.82) is 0 Å². The van der Waals surface area contributed by atoms with E-state index in [1.807, 2.05) is 39.1 Å². The minimum absolute atomic E-state index is 0.0944. The summed E-state index contributed by atoms with van der Waals surface area (Å²) < 4.78 is 7.30. The van der Waals surface area contributed by atoms with Crippen LogP contribution in [0.25, 0.3) is 11.1 Å². The lowest BCUT2D eigenvalue weighted by Gasteiger charge is -2.49. The molecule has 1 radical (unpaired) electrons. The molecule has 1 aromatic carbocycles. The molecule has 1 aromatic rings. The second kappa shape index (κ2) is 9.89. The number of fused-ring (bicyclic) bond motifs is 5. The molecule has 11 heteroatoms. The molecule has 0 bridgehead atoms. The molecule has 10 nitrogen and oxygen atoms in total. The van der Waals surface area contributed by atoms with Gasteiger partial charge < -0.3 is 15.3 Å². The zero-order valence-corrected chi connectivity index (χ0v) is 26.8. The van der Waals surface area contributed by atoms with E-state index in [4.69, 9.17) is 10.1 Å². The summed E-state index contributed by atoms with van der Waals surface area (Å²) in [5, 5.41) is 19.8. The number of rotatable bonds is 5. The van der Waals surface area contributed by atoms with Crippen LogP contribution >= 0.6 is 15.9 Å². The minimum atomic E-state index is -2.01. The molecule has 3 amide bonds.